The Morgan fingerprint density at radius 2 is 2.28 bits per heavy atom. The zero-order chi connectivity index (χ0) is 17.8. The summed E-state index contributed by atoms with van der Waals surface area (Å²) < 4.78 is 33.2. The first-order valence-corrected chi connectivity index (χ1v) is 8.09. The summed E-state index contributed by atoms with van der Waals surface area (Å²) in [4.78, 5) is 12.4. The van der Waals surface area contributed by atoms with Crippen LogP contribution in [0.25, 0.3) is 0 Å². The van der Waals surface area contributed by atoms with Gasteiger partial charge >= 0.3 is 0 Å². The molecule has 1 amide bonds. The van der Waals surface area contributed by atoms with Crippen molar-refractivity contribution in [2.75, 3.05) is 26.2 Å². The Bertz CT molecular complexity index is 750. The molecule has 1 aliphatic heterocycles. The van der Waals surface area contributed by atoms with Crippen molar-refractivity contribution in [3.63, 3.8) is 0 Å². The van der Waals surface area contributed by atoms with Gasteiger partial charge in [0.25, 0.3) is 0 Å². The predicted octanol–water partition coefficient (Wildman–Crippen LogP) is 1.20. The SMILES string of the molecule is Cn1cc([C@H]2CNC[C@@H]2C(=O)NCCOc2ccc(F)cc2F)cn1. The van der Waals surface area contributed by atoms with Crippen molar-refractivity contribution in [3.8, 4) is 5.75 Å². The van der Waals surface area contributed by atoms with Crippen molar-refractivity contribution in [2.24, 2.45) is 13.0 Å². The van der Waals surface area contributed by atoms with E-state index in [2.05, 4.69) is 15.7 Å². The Kier molecular flexibility index (Phi) is 5.28. The number of nitrogens with zero attached hydrogens (tertiary/aromatic N) is 2. The molecule has 1 saturated heterocycles. The number of amides is 1. The molecule has 25 heavy (non-hydrogen) atoms. The van der Waals surface area contributed by atoms with E-state index in [9.17, 15) is 13.6 Å². The minimum atomic E-state index is -0.761. The average Bonchev–Trinajstić information content (AvgIpc) is 3.21. The minimum Gasteiger partial charge on any atom is -0.489 e. The van der Waals surface area contributed by atoms with E-state index in [1.54, 1.807) is 10.9 Å². The van der Waals surface area contributed by atoms with Crippen LogP contribution in [0.2, 0.25) is 0 Å². The molecule has 0 saturated carbocycles. The fourth-order valence-electron chi connectivity index (χ4n) is 2.99. The Balaban J connectivity index is 1.48. The molecule has 1 fully saturated rings. The highest BCUT2D eigenvalue weighted by Gasteiger charge is 2.34. The molecular weight excluding hydrogens is 330 g/mol. The number of hydrogen-bond acceptors (Lipinski definition) is 4. The monoisotopic (exact) mass is 350 g/mol. The number of carbonyl (C=O) groups is 1. The molecule has 6 nitrogen and oxygen atoms in total. The van der Waals surface area contributed by atoms with Crippen molar-refractivity contribution in [2.45, 2.75) is 5.92 Å². The second-order valence-corrected chi connectivity index (χ2v) is 6.03. The quantitative estimate of drug-likeness (QED) is 0.768. The average molecular weight is 350 g/mol. The molecule has 2 N–H and O–H groups in total. The van der Waals surface area contributed by atoms with Gasteiger partial charge in [-0.05, 0) is 17.7 Å². The first-order chi connectivity index (χ1) is 12.0. The van der Waals surface area contributed by atoms with Gasteiger partial charge in [-0.15, -0.1) is 0 Å². The normalized spacial score (nSPS) is 19.8. The molecule has 134 valence electrons. The van der Waals surface area contributed by atoms with Crippen LogP contribution in [0.1, 0.15) is 11.5 Å². The molecule has 1 aromatic heterocycles. The number of aryl methyl sites for hydroxylation is 1. The number of aromatic nitrogens is 2. The lowest BCUT2D eigenvalue weighted by Gasteiger charge is -2.17. The van der Waals surface area contributed by atoms with Crippen LogP contribution >= 0.6 is 0 Å². The third-order valence-electron chi connectivity index (χ3n) is 4.26. The first kappa shape index (κ1) is 17.3. The van der Waals surface area contributed by atoms with Gasteiger partial charge in [0.05, 0.1) is 18.7 Å². The number of rotatable bonds is 6. The molecule has 2 aromatic rings. The minimum absolute atomic E-state index is 0.0357. The smallest absolute Gasteiger partial charge is 0.225 e. The number of ether oxygens (including phenoxy) is 1. The lowest BCUT2D eigenvalue weighted by molar-refractivity contribution is -0.124. The molecule has 2 heterocycles. The zero-order valence-electron chi connectivity index (χ0n) is 13.8. The van der Waals surface area contributed by atoms with Crippen molar-refractivity contribution >= 4 is 5.91 Å². The number of nitrogens with one attached hydrogen (secondary N) is 2. The molecule has 0 radical (unpaired) electrons. The lowest BCUT2D eigenvalue weighted by atomic mass is 9.90. The van der Waals surface area contributed by atoms with Crippen LogP contribution in [0.5, 0.6) is 5.75 Å². The largest absolute Gasteiger partial charge is 0.489 e. The van der Waals surface area contributed by atoms with Crippen LogP contribution < -0.4 is 15.4 Å². The van der Waals surface area contributed by atoms with Gasteiger partial charge in [0.1, 0.15) is 12.4 Å². The second-order valence-electron chi connectivity index (χ2n) is 6.03. The maximum atomic E-state index is 13.5. The number of halogens is 2. The van der Waals surface area contributed by atoms with Crippen LogP contribution in [0, 0.1) is 17.6 Å². The summed E-state index contributed by atoms with van der Waals surface area (Å²) in [6, 6.07) is 3.11. The van der Waals surface area contributed by atoms with Crippen molar-refractivity contribution < 1.29 is 18.3 Å². The van der Waals surface area contributed by atoms with Gasteiger partial charge in [0.2, 0.25) is 5.91 Å². The van der Waals surface area contributed by atoms with Gasteiger partial charge in [0.15, 0.2) is 11.6 Å². The second kappa shape index (κ2) is 7.60. The number of benzene rings is 1. The van der Waals surface area contributed by atoms with E-state index in [0.29, 0.717) is 6.54 Å². The van der Waals surface area contributed by atoms with E-state index in [1.807, 2.05) is 13.2 Å². The highest BCUT2D eigenvalue weighted by Crippen LogP contribution is 2.27. The Morgan fingerprint density at radius 3 is 3.00 bits per heavy atom. The van der Waals surface area contributed by atoms with Crippen LogP contribution in [-0.2, 0) is 11.8 Å². The molecule has 8 heteroatoms. The van der Waals surface area contributed by atoms with E-state index >= 15 is 0 Å². The maximum absolute atomic E-state index is 13.5. The maximum Gasteiger partial charge on any atom is 0.225 e. The summed E-state index contributed by atoms with van der Waals surface area (Å²) >= 11 is 0. The number of carbonyl (C=O) groups excluding carboxylic acids is 1. The summed E-state index contributed by atoms with van der Waals surface area (Å²) in [6.07, 6.45) is 3.69. The standard InChI is InChI=1S/C17H20F2N4O2/c1-23-10-11(7-22-23)13-8-20-9-14(13)17(24)21-4-5-25-16-3-2-12(18)6-15(16)19/h2-3,6-7,10,13-14,20H,4-5,8-9H2,1H3,(H,21,24)/t13-,14+/m1/s1. The van der Waals surface area contributed by atoms with Gasteiger partial charge in [-0.25, -0.2) is 8.78 Å². The van der Waals surface area contributed by atoms with Gasteiger partial charge in [0, 0.05) is 38.3 Å². The van der Waals surface area contributed by atoms with Gasteiger partial charge in [-0.3, -0.25) is 9.48 Å². The van der Waals surface area contributed by atoms with E-state index < -0.39 is 11.6 Å². The van der Waals surface area contributed by atoms with E-state index in [0.717, 1.165) is 24.2 Å². The van der Waals surface area contributed by atoms with Crippen molar-refractivity contribution in [3.05, 3.63) is 47.8 Å². The lowest BCUT2D eigenvalue weighted by Crippen LogP contribution is -2.36. The summed E-state index contributed by atoms with van der Waals surface area (Å²) in [6.45, 7) is 1.66. The van der Waals surface area contributed by atoms with Crippen LogP contribution in [0.4, 0.5) is 8.78 Å². The third kappa shape index (κ3) is 4.14. The van der Waals surface area contributed by atoms with E-state index in [-0.39, 0.29) is 36.6 Å². The Morgan fingerprint density at radius 1 is 1.44 bits per heavy atom. The number of hydrogen-bond donors (Lipinski definition) is 2. The molecule has 1 aromatic carbocycles. The summed E-state index contributed by atoms with van der Waals surface area (Å²) in [5, 5.41) is 10.2. The fourth-order valence-corrected chi connectivity index (χ4v) is 2.99. The predicted molar refractivity (Wildman–Crippen MR) is 87.2 cm³/mol. The van der Waals surface area contributed by atoms with Gasteiger partial charge < -0.3 is 15.4 Å². The summed E-state index contributed by atoms with van der Waals surface area (Å²) in [7, 11) is 1.84. The third-order valence-corrected chi connectivity index (χ3v) is 4.26. The summed E-state index contributed by atoms with van der Waals surface area (Å²) in [5.74, 6) is -1.65. The zero-order valence-corrected chi connectivity index (χ0v) is 13.8. The molecule has 0 aliphatic carbocycles. The highest BCUT2D eigenvalue weighted by atomic mass is 19.1. The molecule has 0 bridgehead atoms. The topological polar surface area (TPSA) is 68.2 Å². The molecule has 2 atom stereocenters. The van der Waals surface area contributed by atoms with Gasteiger partial charge in [-0.1, -0.05) is 0 Å². The van der Waals surface area contributed by atoms with Crippen molar-refractivity contribution in [1.82, 2.24) is 20.4 Å². The van der Waals surface area contributed by atoms with E-state index in [4.69, 9.17) is 4.74 Å². The molecule has 0 spiro atoms. The van der Waals surface area contributed by atoms with Crippen LogP contribution in [0.3, 0.4) is 0 Å². The van der Waals surface area contributed by atoms with Crippen LogP contribution in [-0.4, -0.2) is 41.9 Å². The molecular formula is C17H20F2N4O2. The van der Waals surface area contributed by atoms with E-state index in [1.165, 1.54) is 6.07 Å². The summed E-state index contributed by atoms with van der Waals surface area (Å²) in [5.41, 5.74) is 1.03. The molecule has 0 unspecified atom stereocenters. The highest BCUT2D eigenvalue weighted by molar-refractivity contribution is 5.80. The fraction of sp³-hybridized carbons (Fsp3) is 0.412. The Labute approximate surface area is 144 Å². The van der Waals surface area contributed by atoms with Crippen LogP contribution in [0.15, 0.2) is 30.6 Å². The molecule has 3 rings (SSSR count). The first-order valence-electron chi connectivity index (χ1n) is 8.09. The van der Waals surface area contributed by atoms with Crippen molar-refractivity contribution in [1.29, 1.82) is 0 Å². The van der Waals surface area contributed by atoms with Gasteiger partial charge in [-0.2, -0.15) is 5.10 Å². The Hall–Kier alpha value is -2.48. The molecule has 1 aliphatic rings.